The smallest absolute Gasteiger partial charge is 0.329 e. The van der Waals surface area contributed by atoms with E-state index in [9.17, 15) is 57.5 Å². The maximum Gasteiger partial charge on any atom is 0.329 e. The summed E-state index contributed by atoms with van der Waals surface area (Å²) >= 11 is 0. The van der Waals surface area contributed by atoms with Gasteiger partial charge in [-0.1, -0.05) is 125 Å². The fourth-order valence-electron chi connectivity index (χ4n) is 7.48. The molecule has 0 radical (unpaired) electrons. The van der Waals surface area contributed by atoms with Gasteiger partial charge in [-0.2, -0.15) is 0 Å². The summed E-state index contributed by atoms with van der Waals surface area (Å²) in [5.41, 5.74) is 0. The maximum atomic E-state index is 13.9. The maximum absolute atomic E-state index is 13.9. The number of ether oxygens (including phenoxy) is 6. The van der Waals surface area contributed by atoms with Crippen LogP contribution in [0.4, 0.5) is 0 Å². The highest BCUT2D eigenvalue weighted by Gasteiger charge is 2.42. The molecule has 0 aliphatic carbocycles. The SMILES string of the molecule is CC1OC(=O)[C@@H](C(C)C)NC(=O)[C@@H](C(C)C)OC(=O)[C@H](C(C)C)NC(=O)[C@H](C)OC(=O)[C@@H](C(C)C)NC(=O)[C@@H](C(C)C)OC(=O)[C@H](C(C)C)NC(=O)[C@H](C)OC(=O)[C@@H](C(C)C)NC(=O)[C@@H](C(C)C)OC(=O)[C@H](C(C)C)NC1=O. The Morgan fingerprint density at radius 2 is 0.372 bits per heavy atom. The number of cyclic esters (lactones) is 6. The molecule has 0 saturated carbocycles. The van der Waals surface area contributed by atoms with Crippen LogP contribution >= 0.6 is 0 Å². The standard InChI is InChI=1S/C54H90N6O18/c1-22(2)34-49(67)73-31(19)43(61)55-38(26(9)10)53(71)77-41(29(15)16)47(65)59-36(24(5)6)51(69)75-33(21)45(63)57-39(27(11)12)54(72)78-42(30(17)18)48(66)60-35(23(3)4)50(68)74-32(20)44(62)56-37(25(7)8)52(70)76-40(28(13)14)46(64)58-34/h22-42H,1-21H3,(H,55,61)(H,56,62)(H,57,63)(H,58,64)(H,59,65)(H,60,66)/t31-,32-,33?,34+,35+,36+,37-,38-,39-,40+,41+,42+/m0/s1. The molecule has 24 heteroatoms. The number of amides is 6. The van der Waals surface area contributed by atoms with Gasteiger partial charge in [0.25, 0.3) is 35.4 Å². The first-order chi connectivity index (χ1) is 35.9. The molecule has 1 fully saturated rings. The van der Waals surface area contributed by atoms with Crippen molar-refractivity contribution in [2.75, 3.05) is 0 Å². The van der Waals surface area contributed by atoms with E-state index in [1.165, 1.54) is 20.8 Å². The van der Waals surface area contributed by atoms with E-state index in [2.05, 4.69) is 31.9 Å². The molecule has 1 rings (SSSR count). The van der Waals surface area contributed by atoms with Gasteiger partial charge in [0.05, 0.1) is 0 Å². The van der Waals surface area contributed by atoms with Gasteiger partial charge in [-0.25, -0.2) is 28.8 Å². The van der Waals surface area contributed by atoms with Crippen LogP contribution in [0.25, 0.3) is 0 Å². The highest BCUT2D eigenvalue weighted by Crippen LogP contribution is 2.19. The summed E-state index contributed by atoms with van der Waals surface area (Å²) in [6, 6.07) is -8.38. The first-order valence-electron chi connectivity index (χ1n) is 26.9. The van der Waals surface area contributed by atoms with Crippen molar-refractivity contribution in [3.05, 3.63) is 0 Å². The van der Waals surface area contributed by atoms with Crippen molar-refractivity contribution in [1.82, 2.24) is 31.9 Å². The fourth-order valence-corrected chi connectivity index (χ4v) is 7.48. The van der Waals surface area contributed by atoms with Crippen molar-refractivity contribution < 1.29 is 86.0 Å². The topological polar surface area (TPSA) is 332 Å². The first kappa shape index (κ1) is 69.7. The number of carbonyl (C=O) groups excluding carboxylic acids is 12. The lowest BCUT2D eigenvalue weighted by molar-refractivity contribution is -0.167. The Hall–Kier alpha value is -6.36. The van der Waals surface area contributed by atoms with Crippen LogP contribution < -0.4 is 31.9 Å². The number of esters is 6. The van der Waals surface area contributed by atoms with Gasteiger partial charge in [0.15, 0.2) is 36.6 Å². The molecule has 78 heavy (non-hydrogen) atoms. The van der Waals surface area contributed by atoms with E-state index in [0.29, 0.717) is 0 Å². The third-order valence-corrected chi connectivity index (χ3v) is 12.6. The van der Waals surface area contributed by atoms with Crippen LogP contribution in [0.5, 0.6) is 0 Å². The second-order valence-corrected chi connectivity index (χ2v) is 22.9. The van der Waals surface area contributed by atoms with Crippen LogP contribution in [-0.4, -0.2) is 144 Å². The van der Waals surface area contributed by atoms with Gasteiger partial charge >= 0.3 is 35.8 Å². The van der Waals surface area contributed by atoms with Crippen molar-refractivity contribution in [2.45, 2.75) is 218 Å². The summed E-state index contributed by atoms with van der Waals surface area (Å²) in [4.78, 5) is 165. The van der Waals surface area contributed by atoms with Gasteiger partial charge in [-0.3, -0.25) is 28.8 Å². The Labute approximate surface area is 459 Å². The van der Waals surface area contributed by atoms with Gasteiger partial charge in [-0.15, -0.1) is 0 Å². The molecule has 0 aromatic rings. The van der Waals surface area contributed by atoms with E-state index in [1.54, 1.807) is 125 Å². The lowest BCUT2D eigenvalue weighted by Crippen LogP contribution is -2.56. The second-order valence-electron chi connectivity index (χ2n) is 22.9. The van der Waals surface area contributed by atoms with Crippen molar-refractivity contribution in [1.29, 1.82) is 0 Å². The lowest BCUT2D eigenvalue weighted by atomic mass is 10.0. The highest BCUT2D eigenvalue weighted by atomic mass is 16.6. The molecule has 1 heterocycles. The van der Waals surface area contributed by atoms with Crippen LogP contribution in [0.1, 0.15) is 145 Å². The Morgan fingerprint density at radius 3 is 0.513 bits per heavy atom. The third kappa shape index (κ3) is 20.8. The molecule has 12 atom stereocenters. The Kier molecular flexibility index (Phi) is 27.9. The zero-order chi connectivity index (χ0) is 60.5. The van der Waals surface area contributed by atoms with E-state index in [0.717, 1.165) is 0 Å². The zero-order valence-electron chi connectivity index (χ0n) is 49.5. The summed E-state index contributed by atoms with van der Waals surface area (Å²) in [6.07, 6.45) is -9.25. The molecule has 1 aliphatic rings. The highest BCUT2D eigenvalue weighted by molar-refractivity contribution is 5.96. The molecule has 0 spiro atoms. The normalized spacial score (nSPS) is 28.8. The van der Waals surface area contributed by atoms with Gasteiger partial charge < -0.3 is 60.3 Å². The molecule has 0 aromatic heterocycles. The molecule has 0 aromatic carbocycles. The molecule has 1 saturated heterocycles. The Morgan fingerprint density at radius 1 is 0.231 bits per heavy atom. The Balaban J connectivity index is 3.87. The quantitative estimate of drug-likeness (QED) is 0.143. The fraction of sp³-hybridized carbons (Fsp3) is 0.778. The summed E-state index contributed by atoms with van der Waals surface area (Å²) in [5, 5.41) is 15.1. The van der Waals surface area contributed by atoms with Gasteiger partial charge in [-0.05, 0) is 74.0 Å². The van der Waals surface area contributed by atoms with E-state index in [4.69, 9.17) is 28.4 Å². The minimum Gasteiger partial charge on any atom is -0.451 e. The summed E-state index contributed by atoms with van der Waals surface area (Å²) in [7, 11) is 0. The van der Waals surface area contributed by atoms with Crippen molar-refractivity contribution in [3.63, 3.8) is 0 Å². The van der Waals surface area contributed by atoms with Crippen LogP contribution in [-0.2, 0) is 86.0 Å². The summed E-state index contributed by atoms with van der Waals surface area (Å²) < 4.78 is 33.5. The predicted octanol–water partition coefficient (Wildman–Crippen LogP) is 2.34. The van der Waals surface area contributed by atoms with Crippen molar-refractivity contribution >= 4 is 71.3 Å². The van der Waals surface area contributed by atoms with E-state index < -0.39 is 197 Å². The lowest BCUT2D eigenvalue weighted by Gasteiger charge is -2.30. The van der Waals surface area contributed by atoms with Crippen LogP contribution in [0, 0.1) is 53.3 Å². The van der Waals surface area contributed by atoms with E-state index in [1.807, 2.05) is 0 Å². The average molecular weight is 1110 g/mol. The Bertz CT molecular complexity index is 1890. The second kappa shape index (κ2) is 31.3. The minimum atomic E-state index is -1.55. The zero-order valence-corrected chi connectivity index (χ0v) is 49.5. The molecule has 1 unspecified atom stereocenters. The monoisotopic (exact) mass is 1110 g/mol. The van der Waals surface area contributed by atoms with Gasteiger partial charge in [0.2, 0.25) is 0 Å². The molecular weight excluding hydrogens is 1020 g/mol. The number of carbonyl (C=O) groups is 12. The average Bonchev–Trinajstić information content (AvgIpc) is 3.31. The molecule has 444 valence electrons. The molecular formula is C54H90N6O18. The summed E-state index contributed by atoms with van der Waals surface area (Å²) in [5.74, 6) is -17.8. The van der Waals surface area contributed by atoms with Crippen molar-refractivity contribution in [3.8, 4) is 0 Å². The largest absolute Gasteiger partial charge is 0.451 e. The third-order valence-electron chi connectivity index (χ3n) is 12.6. The number of rotatable bonds is 9. The van der Waals surface area contributed by atoms with E-state index in [-0.39, 0.29) is 0 Å². The molecule has 0 bridgehead atoms. The number of hydrogen-bond acceptors (Lipinski definition) is 18. The number of nitrogens with one attached hydrogen (secondary N) is 6. The van der Waals surface area contributed by atoms with Crippen LogP contribution in [0.2, 0.25) is 0 Å². The molecule has 1 aliphatic heterocycles. The molecule has 6 amide bonds. The first-order valence-corrected chi connectivity index (χ1v) is 26.9. The van der Waals surface area contributed by atoms with Gasteiger partial charge in [0.1, 0.15) is 36.3 Å². The van der Waals surface area contributed by atoms with Gasteiger partial charge in [0, 0.05) is 0 Å². The van der Waals surface area contributed by atoms with Crippen LogP contribution in [0.15, 0.2) is 0 Å². The predicted molar refractivity (Wildman–Crippen MR) is 281 cm³/mol. The van der Waals surface area contributed by atoms with Crippen LogP contribution in [0.3, 0.4) is 0 Å². The van der Waals surface area contributed by atoms with E-state index >= 15 is 0 Å². The summed E-state index contributed by atoms with van der Waals surface area (Å²) in [6.45, 7) is 32.1. The van der Waals surface area contributed by atoms with Crippen molar-refractivity contribution in [2.24, 2.45) is 53.3 Å². The molecule has 6 N–H and O–H groups in total. The minimum absolute atomic E-state index is 0.647. The number of hydrogen-bond donors (Lipinski definition) is 6. The molecule has 24 nitrogen and oxygen atoms in total.